The van der Waals surface area contributed by atoms with Gasteiger partial charge in [0.05, 0.1) is 6.04 Å². The molecule has 1 aromatic carbocycles. The molecular weight excluding hydrogens is 226 g/mol. The average molecular weight is 249 g/mol. The lowest BCUT2D eigenvalue weighted by Gasteiger charge is -2.18. The van der Waals surface area contributed by atoms with Crippen LogP contribution in [-0.2, 0) is 11.3 Å². The molecule has 0 aliphatic rings. The van der Waals surface area contributed by atoms with Crippen LogP contribution in [0.3, 0.4) is 0 Å². The molecule has 0 unspecified atom stereocenters. The summed E-state index contributed by atoms with van der Waals surface area (Å²) in [4.78, 5) is 13.8. The predicted octanol–water partition coefficient (Wildman–Crippen LogP) is 1.81. The molecule has 1 aromatic rings. The Bertz CT molecular complexity index is 386. The molecule has 1 amide bonds. The predicted molar refractivity (Wildman–Crippen MR) is 75.3 cm³/mol. The molecule has 0 saturated heterocycles. The standard InChI is InChI=1S/C14H23N3O/c1-4-17(5-2)10-12-7-6-8-13(9-12)16-14(18)11(3)15/h6-9,11H,4-5,10,15H2,1-3H3,(H,16,18)/t11-/m1/s1. The molecular formula is C14H23N3O. The molecule has 0 spiro atoms. The van der Waals surface area contributed by atoms with Crippen molar-refractivity contribution in [1.82, 2.24) is 4.90 Å². The van der Waals surface area contributed by atoms with E-state index in [0.29, 0.717) is 0 Å². The van der Waals surface area contributed by atoms with E-state index in [9.17, 15) is 4.79 Å². The normalized spacial score (nSPS) is 12.5. The molecule has 18 heavy (non-hydrogen) atoms. The second-order valence-electron chi connectivity index (χ2n) is 4.44. The second-order valence-corrected chi connectivity index (χ2v) is 4.44. The first-order valence-corrected chi connectivity index (χ1v) is 6.44. The molecule has 4 nitrogen and oxygen atoms in total. The highest BCUT2D eigenvalue weighted by atomic mass is 16.2. The summed E-state index contributed by atoms with van der Waals surface area (Å²) in [5.41, 5.74) is 7.53. The van der Waals surface area contributed by atoms with Gasteiger partial charge in [0.2, 0.25) is 5.91 Å². The van der Waals surface area contributed by atoms with Crippen LogP contribution >= 0.6 is 0 Å². The van der Waals surface area contributed by atoms with E-state index < -0.39 is 6.04 Å². The van der Waals surface area contributed by atoms with E-state index in [4.69, 9.17) is 5.73 Å². The summed E-state index contributed by atoms with van der Waals surface area (Å²) in [6.07, 6.45) is 0. The van der Waals surface area contributed by atoms with Crippen molar-refractivity contribution in [1.29, 1.82) is 0 Å². The van der Waals surface area contributed by atoms with Gasteiger partial charge in [-0.2, -0.15) is 0 Å². The summed E-state index contributed by atoms with van der Waals surface area (Å²) in [6, 6.07) is 7.41. The summed E-state index contributed by atoms with van der Waals surface area (Å²) >= 11 is 0. The topological polar surface area (TPSA) is 58.4 Å². The Kier molecular flexibility index (Phi) is 5.82. The van der Waals surface area contributed by atoms with E-state index in [1.807, 2.05) is 18.2 Å². The molecule has 1 rings (SSSR count). The lowest BCUT2D eigenvalue weighted by molar-refractivity contribution is -0.117. The van der Waals surface area contributed by atoms with Gasteiger partial charge in [-0.3, -0.25) is 9.69 Å². The zero-order valence-corrected chi connectivity index (χ0v) is 11.4. The number of carbonyl (C=O) groups is 1. The van der Waals surface area contributed by atoms with Gasteiger partial charge in [-0.25, -0.2) is 0 Å². The van der Waals surface area contributed by atoms with Crippen molar-refractivity contribution < 1.29 is 4.79 Å². The zero-order chi connectivity index (χ0) is 13.5. The van der Waals surface area contributed by atoms with Crippen molar-refractivity contribution in [2.24, 2.45) is 5.73 Å². The van der Waals surface area contributed by atoms with Crippen LogP contribution in [0, 0.1) is 0 Å². The molecule has 1 atom stereocenters. The first-order valence-electron chi connectivity index (χ1n) is 6.44. The van der Waals surface area contributed by atoms with Gasteiger partial charge in [0.25, 0.3) is 0 Å². The van der Waals surface area contributed by atoms with Crippen LogP contribution in [-0.4, -0.2) is 29.9 Å². The van der Waals surface area contributed by atoms with Crippen molar-refractivity contribution in [3.05, 3.63) is 29.8 Å². The van der Waals surface area contributed by atoms with Crippen LogP contribution in [0.5, 0.6) is 0 Å². The maximum atomic E-state index is 11.5. The van der Waals surface area contributed by atoms with Crippen molar-refractivity contribution in [2.75, 3.05) is 18.4 Å². The zero-order valence-electron chi connectivity index (χ0n) is 11.4. The molecule has 0 heterocycles. The lowest BCUT2D eigenvalue weighted by Crippen LogP contribution is -2.32. The molecule has 4 heteroatoms. The van der Waals surface area contributed by atoms with Crippen molar-refractivity contribution in [3.63, 3.8) is 0 Å². The van der Waals surface area contributed by atoms with Crippen molar-refractivity contribution in [3.8, 4) is 0 Å². The molecule has 3 N–H and O–H groups in total. The van der Waals surface area contributed by atoms with E-state index in [1.165, 1.54) is 5.56 Å². The Hall–Kier alpha value is -1.39. The summed E-state index contributed by atoms with van der Waals surface area (Å²) < 4.78 is 0. The second kappa shape index (κ2) is 7.13. The van der Waals surface area contributed by atoms with Gasteiger partial charge in [0.15, 0.2) is 0 Å². The molecule has 0 aliphatic carbocycles. The van der Waals surface area contributed by atoms with Gasteiger partial charge in [-0.1, -0.05) is 26.0 Å². The van der Waals surface area contributed by atoms with Gasteiger partial charge in [-0.15, -0.1) is 0 Å². The third-order valence-corrected chi connectivity index (χ3v) is 2.91. The number of rotatable bonds is 6. The molecule has 0 aliphatic heterocycles. The SMILES string of the molecule is CCN(CC)Cc1cccc(NC(=O)[C@@H](C)N)c1. The number of amides is 1. The largest absolute Gasteiger partial charge is 0.325 e. The highest BCUT2D eigenvalue weighted by Crippen LogP contribution is 2.12. The minimum atomic E-state index is -0.489. The highest BCUT2D eigenvalue weighted by Gasteiger charge is 2.08. The van der Waals surface area contributed by atoms with Crippen molar-refractivity contribution in [2.45, 2.75) is 33.4 Å². The average Bonchev–Trinajstić information content (AvgIpc) is 2.36. The summed E-state index contributed by atoms with van der Waals surface area (Å²) in [5.74, 6) is -0.157. The quantitative estimate of drug-likeness (QED) is 0.808. The molecule has 0 aromatic heterocycles. The molecule has 100 valence electrons. The van der Waals surface area contributed by atoms with Gasteiger partial charge in [0.1, 0.15) is 0 Å². The van der Waals surface area contributed by atoms with Crippen LogP contribution in [0.25, 0.3) is 0 Å². The van der Waals surface area contributed by atoms with Crippen LogP contribution in [0.15, 0.2) is 24.3 Å². The maximum Gasteiger partial charge on any atom is 0.240 e. The minimum Gasteiger partial charge on any atom is -0.325 e. The van der Waals surface area contributed by atoms with Crippen LogP contribution in [0.4, 0.5) is 5.69 Å². The van der Waals surface area contributed by atoms with Gasteiger partial charge in [0, 0.05) is 12.2 Å². The number of carbonyl (C=O) groups excluding carboxylic acids is 1. The van der Waals surface area contributed by atoms with E-state index in [1.54, 1.807) is 6.92 Å². The van der Waals surface area contributed by atoms with Gasteiger partial charge in [-0.05, 0) is 37.7 Å². The Morgan fingerprint density at radius 1 is 1.39 bits per heavy atom. The first kappa shape index (κ1) is 14.7. The first-order chi connectivity index (χ1) is 8.56. The molecule has 0 bridgehead atoms. The van der Waals surface area contributed by atoms with Gasteiger partial charge >= 0.3 is 0 Å². The number of hydrogen-bond donors (Lipinski definition) is 2. The summed E-state index contributed by atoms with van der Waals surface area (Å²) in [5, 5.41) is 2.81. The fourth-order valence-corrected chi connectivity index (χ4v) is 1.71. The number of nitrogens with zero attached hydrogens (tertiary/aromatic N) is 1. The van der Waals surface area contributed by atoms with E-state index in [-0.39, 0.29) is 5.91 Å². The van der Waals surface area contributed by atoms with Crippen LogP contribution in [0.1, 0.15) is 26.3 Å². The third-order valence-electron chi connectivity index (χ3n) is 2.91. The summed E-state index contributed by atoms with van der Waals surface area (Å²) in [7, 11) is 0. The fourth-order valence-electron chi connectivity index (χ4n) is 1.71. The maximum absolute atomic E-state index is 11.5. The highest BCUT2D eigenvalue weighted by molar-refractivity contribution is 5.94. The Balaban J connectivity index is 2.70. The monoisotopic (exact) mass is 249 g/mol. The molecule has 0 fully saturated rings. The fraction of sp³-hybridized carbons (Fsp3) is 0.500. The van der Waals surface area contributed by atoms with E-state index >= 15 is 0 Å². The Morgan fingerprint density at radius 2 is 2.06 bits per heavy atom. The minimum absolute atomic E-state index is 0.157. The van der Waals surface area contributed by atoms with Gasteiger partial charge < -0.3 is 11.1 Å². The Labute approximate surface area is 109 Å². The lowest BCUT2D eigenvalue weighted by atomic mass is 10.2. The number of nitrogens with one attached hydrogen (secondary N) is 1. The number of nitrogens with two attached hydrogens (primary N) is 1. The number of benzene rings is 1. The summed E-state index contributed by atoms with van der Waals surface area (Å²) in [6.45, 7) is 8.90. The molecule has 0 radical (unpaired) electrons. The van der Waals surface area contributed by atoms with Crippen molar-refractivity contribution >= 4 is 11.6 Å². The van der Waals surface area contributed by atoms with E-state index in [2.05, 4.69) is 30.1 Å². The van der Waals surface area contributed by atoms with Crippen LogP contribution < -0.4 is 11.1 Å². The molecule has 0 saturated carbocycles. The van der Waals surface area contributed by atoms with Crippen LogP contribution in [0.2, 0.25) is 0 Å². The smallest absolute Gasteiger partial charge is 0.240 e. The Morgan fingerprint density at radius 3 is 2.61 bits per heavy atom. The number of hydrogen-bond acceptors (Lipinski definition) is 3. The third kappa shape index (κ3) is 4.47. The number of anilines is 1. The van der Waals surface area contributed by atoms with E-state index in [0.717, 1.165) is 25.3 Å².